The molecule has 168 valence electrons. The Hall–Kier alpha value is -1.84. The molecule has 1 fully saturated rings. The number of carbonyl (C=O) groups excluding carboxylic acids is 2. The first-order valence-electron chi connectivity index (χ1n) is 9.85. The largest absolute Gasteiger partial charge is 0.444 e. The van der Waals surface area contributed by atoms with Crippen LogP contribution in [0.3, 0.4) is 0 Å². The van der Waals surface area contributed by atoms with Crippen molar-refractivity contribution in [2.24, 2.45) is 5.92 Å². The van der Waals surface area contributed by atoms with Gasteiger partial charge >= 0.3 is 6.09 Å². The number of ether oxygens (including phenoxy) is 1. The van der Waals surface area contributed by atoms with Crippen LogP contribution in [-0.2, 0) is 19.6 Å². The highest BCUT2D eigenvalue weighted by atomic mass is 35.5. The van der Waals surface area contributed by atoms with Crippen LogP contribution in [0.4, 0.5) is 4.79 Å². The van der Waals surface area contributed by atoms with Crippen molar-refractivity contribution in [2.75, 3.05) is 33.2 Å². The van der Waals surface area contributed by atoms with Crippen LogP contribution in [0.25, 0.3) is 0 Å². The predicted octanol–water partition coefficient (Wildman–Crippen LogP) is 2.72. The van der Waals surface area contributed by atoms with Gasteiger partial charge in [-0.05, 0) is 63.8 Å². The van der Waals surface area contributed by atoms with Gasteiger partial charge in [0.15, 0.2) is 0 Å². The molecule has 30 heavy (non-hydrogen) atoms. The van der Waals surface area contributed by atoms with Gasteiger partial charge in [0.2, 0.25) is 15.9 Å². The molecule has 0 atom stereocenters. The molecule has 1 aromatic rings. The Kier molecular flexibility index (Phi) is 8.13. The summed E-state index contributed by atoms with van der Waals surface area (Å²) in [6.07, 6.45) is 1.01. The molecule has 1 aliphatic heterocycles. The number of halogens is 1. The molecular weight excluding hydrogens is 430 g/mol. The van der Waals surface area contributed by atoms with Gasteiger partial charge < -0.3 is 15.0 Å². The number of likely N-dealkylation sites (N-methyl/N-ethyl adjacent to an activating group) is 1. The summed E-state index contributed by atoms with van der Waals surface area (Å²) in [6.45, 7) is 6.72. The number of alkyl carbamates (subject to hydrolysis) is 1. The third kappa shape index (κ3) is 7.14. The van der Waals surface area contributed by atoms with Gasteiger partial charge in [-0.3, -0.25) is 4.79 Å². The quantitative estimate of drug-likeness (QED) is 0.705. The number of amides is 2. The van der Waals surface area contributed by atoms with E-state index in [9.17, 15) is 18.0 Å². The van der Waals surface area contributed by atoms with E-state index in [1.807, 2.05) is 0 Å². The second-order valence-corrected chi connectivity index (χ2v) is 10.9. The van der Waals surface area contributed by atoms with Gasteiger partial charge in [0.25, 0.3) is 0 Å². The van der Waals surface area contributed by atoms with E-state index < -0.39 is 21.7 Å². The van der Waals surface area contributed by atoms with Gasteiger partial charge in [0.05, 0.1) is 11.4 Å². The summed E-state index contributed by atoms with van der Waals surface area (Å²) in [7, 11) is -2.38. The average Bonchev–Trinajstić information content (AvgIpc) is 2.65. The molecule has 0 aromatic heterocycles. The van der Waals surface area contributed by atoms with Crippen LogP contribution >= 0.6 is 11.6 Å². The number of benzene rings is 1. The standard InChI is InChI=1S/C20H30ClN3O5S/c1-20(2,3)29-19(26)22-13-15-9-11-24(12-10-15)18(25)14-23(4)30(27,28)17-7-5-16(21)6-8-17/h5-8,15H,9-14H2,1-4H3,(H,22,26). The summed E-state index contributed by atoms with van der Waals surface area (Å²) in [5.74, 6) is 0.00527. The van der Waals surface area contributed by atoms with Gasteiger partial charge in [-0.15, -0.1) is 0 Å². The predicted molar refractivity (Wildman–Crippen MR) is 115 cm³/mol. The molecule has 1 N–H and O–H groups in total. The maximum absolute atomic E-state index is 12.6. The Morgan fingerprint density at radius 1 is 1.20 bits per heavy atom. The molecular formula is C20H30ClN3O5S. The lowest BCUT2D eigenvalue weighted by atomic mass is 9.97. The highest BCUT2D eigenvalue weighted by Gasteiger charge is 2.28. The lowest BCUT2D eigenvalue weighted by Gasteiger charge is -2.33. The number of sulfonamides is 1. The monoisotopic (exact) mass is 459 g/mol. The van der Waals surface area contributed by atoms with Crippen molar-refractivity contribution in [1.82, 2.24) is 14.5 Å². The van der Waals surface area contributed by atoms with Crippen molar-refractivity contribution in [3.05, 3.63) is 29.3 Å². The van der Waals surface area contributed by atoms with E-state index in [1.165, 1.54) is 31.3 Å². The van der Waals surface area contributed by atoms with Crippen LogP contribution in [0.15, 0.2) is 29.2 Å². The molecule has 2 amide bonds. The zero-order valence-electron chi connectivity index (χ0n) is 17.9. The minimum absolute atomic E-state index is 0.0918. The highest BCUT2D eigenvalue weighted by Crippen LogP contribution is 2.20. The van der Waals surface area contributed by atoms with E-state index >= 15 is 0 Å². The Bertz CT molecular complexity index is 844. The van der Waals surface area contributed by atoms with E-state index in [0.717, 1.165) is 17.1 Å². The summed E-state index contributed by atoms with van der Waals surface area (Å²) < 4.78 is 31.5. The number of hydrogen-bond acceptors (Lipinski definition) is 5. The van der Waals surface area contributed by atoms with E-state index in [2.05, 4.69) is 5.32 Å². The zero-order valence-corrected chi connectivity index (χ0v) is 19.4. The average molecular weight is 460 g/mol. The zero-order chi connectivity index (χ0) is 22.5. The first-order chi connectivity index (χ1) is 13.9. The molecule has 1 saturated heterocycles. The van der Waals surface area contributed by atoms with Gasteiger partial charge in [0.1, 0.15) is 5.60 Å². The van der Waals surface area contributed by atoms with Crippen molar-refractivity contribution in [3.63, 3.8) is 0 Å². The summed E-state index contributed by atoms with van der Waals surface area (Å²) >= 11 is 5.81. The number of nitrogens with zero attached hydrogens (tertiary/aromatic N) is 2. The van der Waals surface area contributed by atoms with Crippen LogP contribution in [0.1, 0.15) is 33.6 Å². The molecule has 0 saturated carbocycles. The fourth-order valence-corrected chi connectivity index (χ4v) is 4.34. The van der Waals surface area contributed by atoms with Crippen LogP contribution < -0.4 is 5.32 Å². The number of carbonyl (C=O) groups is 2. The number of piperidine rings is 1. The van der Waals surface area contributed by atoms with E-state index in [-0.39, 0.29) is 23.3 Å². The maximum atomic E-state index is 12.6. The lowest BCUT2D eigenvalue weighted by molar-refractivity contribution is -0.132. The first-order valence-corrected chi connectivity index (χ1v) is 11.7. The van der Waals surface area contributed by atoms with Crippen LogP contribution in [-0.4, -0.2) is 68.5 Å². The second kappa shape index (κ2) is 9.98. The van der Waals surface area contributed by atoms with Gasteiger partial charge in [-0.25, -0.2) is 13.2 Å². The Balaban J connectivity index is 1.81. The topological polar surface area (TPSA) is 96.0 Å². The number of nitrogens with one attached hydrogen (secondary N) is 1. The third-order valence-corrected chi connectivity index (χ3v) is 6.85. The molecule has 1 heterocycles. The van der Waals surface area contributed by atoms with Crippen molar-refractivity contribution in [3.8, 4) is 0 Å². The van der Waals surface area contributed by atoms with Gasteiger partial charge in [-0.2, -0.15) is 4.31 Å². The molecule has 1 aromatic carbocycles. The smallest absolute Gasteiger partial charge is 0.407 e. The van der Waals surface area contributed by atoms with Gasteiger partial charge in [0, 0.05) is 31.7 Å². The molecule has 0 aliphatic carbocycles. The van der Waals surface area contributed by atoms with Crippen LogP contribution in [0.2, 0.25) is 5.02 Å². The molecule has 2 rings (SSSR count). The molecule has 8 nitrogen and oxygen atoms in total. The fraction of sp³-hybridized carbons (Fsp3) is 0.600. The Labute approximate surface area is 183 Å². The number of rotatable bonds is 6. The summed E-state index contributed by atoms with van der Waals surface area (Å²) in [5, 5.41) is 3.21. The molecule has 0 unspecified atom stereocenters. The van der Waals surface area contributed by atoms with E-state index in [0.29, 0.717) is 24.7 Å². The fourth-order valence-electron chi connectivity index (χ4n) is 3.09. The molecule has 0 radical (unpaired) electrons. The summed E-state index contributed by atoms with van der Waals surface area (Å²) in [6, 6.07) is 5.84. The van der Waals surface area contributed by atoms with Crippen molar-refractivity contribution < 1.29 is 22.7 Å². The first kappa shape index (κ1) is 24.4. The molecule has 0 bridgehead atoms. The van der Waals surface area contributed by atoms with Crippen molar-refractivity contribution in [2.45, 2.75) is 44.1 Å². The number of hydrogen-bond donors (Lipinski definition) is 1. The Morgan fingerprint density at radius 2 is 1.77 bits per heavy atom. The minimum atomic E-state index is -3.77. The van der Waals surface area contributed by atoms with Crippen molar-refractivity contribution in [1.29, 1.82) is 0 Å². The van der Waals surface area contributed by atoms with Crippen LogP contribution in [0.5, 0.6) is 0 Å². The highest BCUT2D eigenvalue weighted by molar-refractivity contribution is 7.89. The van der Waals surface area contributed by atoms with Crippen LogP contribution in [0, 0.1) is 5.92 Å². The second-order valence-electron chi connectivity index (χ2n) is 8.42. The Morgan fingerprint density at radius 3 is 2.30 bits per heavy atom. The van der Waals surface area contributed by atoms with Gasteiger partial charge in [-0.1, -0.05) is 11.6 Å². The lowest BCUT2D eigenvalue weighted by Crippen LogP contribution is -2.46. The van der Waals surface area contributed by atoms with E-state index in [4.69, 9.17) is 16.3 Å². The normalized spacial score (nSPS) is 15.9. The molecule has 0 spiro atoms. The molecule has 10 heteroatoms. The SMILES string of the molecule is CN(CC(=O)N1CCC(CNC(=O)OC(C)(C)C)CC1)S(=O)(=O)c1ccc(Cl)cc1. The van der Waals surface area contributed by atoms with Crippen molar-refractivity contribution >= 4 is 33.6 Å². The summed E-state index contributed by atoms with van der Waals surface area (Å²) in [5.41, 5.74) is -0.543. The third-order valence-electron chi connectivity index (χ3n) is 4.78. The minimum Gasteiger partial charge on any atom is -0.444 e. The molecule has 1 aliphatic rings. The van der Waals surface area contributed by atoms with E-state index in [1.54, 1.807) is 25.7 Å². The number of likely N-dealkylation sites (tertiary alicyclic amines) is 1. The summed E-state index contributed by atoms with van der Waals surface area (Å²) in [4.78, 5) is 26.1. The maximum Gasteiger partial charge on any atom is 0.407 e.